The summed E-state index contributed by atoms with van der Waals surface area (Å²) < 4.78 is 14.8. The van der Waals surface area contributed by atoms with Gasteiger partial charge in [0.25, 0.3) is 5.91 Å². The fourth-order valence-electron chi connectivity index (χ4n) is 2.52. The Morgan fingerprint density at radius 1 is 1.23 bits per heavy atom. The van der Waals surface area contributed by atoms with E-state index < -0.39 is 0 Å². The van der Waals surface area contributed by atoms with Crippen LogP contribution in [0.15, 0.2) is 48.8 Å². The third-order valence-electron chi connectivity index (χ3n) is 3.90. The van der Waals surface area contributed by atoms with E-state index in [1.54, 1.807) is 30.6 Å². The Bertz CT molecular complexity index is 875. The summed E-state index contributed by atoms with van der Waals surface area (Å²) in [6.07, 6.45) is 4.17. The molecule has 1 aromatic carbocycles. The standard InChI is InChI=1S/C19H20FN5O/c1-13(2)9-11-22-19(26)17-18(14-4-3-10-21-12-14)25(24-23-17)16-7-5-15(20)6-8-16/h3-8,10,12-13H,9,11H2,1-2H3,(H,22,26). The molecule has 6 nitrogen and oxygen atoms in total. The number of halogens is 1. The van der Waals surface area contributed by atoms with Crippen molar-refractivity contribution in [3.63, 3.8) is 0 Å². The molecule has 0 bridgehead atoms. The van der Waals surface area contributed by atoms with E-state index in [1.807, 2.05) is 6.07 Å². The number of aromatic nitrogens is 4. The van der Waals surface area contributed by atoms with Crippen LogP contribution in [0.3, 0.4) is 0 Å². The molecule has 3 rings (SSSR count). The fourth-order valence-corrected chi connectivity index (χ4v) is 2.52. The lowest BCUT2D eigenvalue weighted by atomic mass is 10.1. The molecular formula is C19H20FN5O. The molecule has 0 spiro atoms. The van der Waals surface area contributed by atoms with Crippen molar-refractivity contribution < 1.29 is 9.18 Å². The van der Waals surface area contributed by atoms with Crippen LogP contribution in [0.5, 0.6) is 0 Å². The molecule has 1 amide bonds. The second-order valence-corrected chi connectivity index (χ2v) is 6.35. The van der Waals surface area contributed by atoms with Gasteiger partial charge in [-0.15, -0.1) is 5.10 Å². The van der Waals surface area contributed by atoms with E-state index >= 15 is 0 Å². The quantitative estimate of drug-likeness (QED) is 0.738. The molecule has 2 heterocycles. The number of hydrogen-bond donors (Lipinski definition) is 1. The summed E-state index contributed by atoms with van der Waals surface area (Å²) in [7, 11) is 0. The topological polar surface area (TPSA) is 72.7 Å². The molecule has 3 aromatic rings. The molecule has 0 saturated heterocycles. The maximum absolute atomic E-state index is 13.2. The Balaban J connectivity index is 2.00. The van der Waals surface area contributed by atoms with E-state index in [2.05, 4.69) is 34.5 Å². The van der Waals surface area contributed by atoms with Crippen LogP contribution in [-0.2, 0) is 0 Å². The molecule has 7 heteroatoms. The maximum atomic E-state index is 13.2. The zero-order valence-corrected chi connectivity index (χ0v) is 14.7. The number of hydrogen-bond acceptors (Lipinski definition) is 4. The van der Waals surface area contributed by atoms with Gasteiger partial charge in [-0.2, -0.15) is 0 Å². The van der Waals surface area contributed by atoms with Crippen LogP contribution in [-0.4, -0.2) is 32.4 Å². The first-order valence-electron chi connectivity index (χ1n) is 8.46. The Morgan fingerprint density at radius 2 is 2.00 bits per heavy atom. The Morgan fingerprint density at radius 3 is 2.65 bits per heavy atom. The molecule has 1 N–H and O–H groups in total. The first kappa shape index (κ1) is 17.7. The average Bonchev–Trinajstić information content (AvgIpc) is 3.08. The number of benzene rings is 1. The first-order chi connectivity index (χ1) is 12.6. The number of nitrogens with zero attached hydrogens (tertiary/aromatic N) is 4. The predicted octanol–water partition coefficient (Wildman–Crippen LogP) is 3.24. The van der Waals surface area contributed by atoms with Crippen LogP contribution in [0.4, 0.5) is 4.39 Å². The number of amides is 1. The summed E-state index contributed by atoms with van der Waals surface area (Å²) in [6.45, 7) is 4.75. The van der Waals surface area contributed by atoms with Gasteiger partial charge in [-0.25, -0.2) is 9.07 Å². The van der Waals surface area contributed by atoms with Gasteiger partial charge in [0.15, 0.2) is 5.69 Å². The van der Waals surface area contributed by atoms with E-state index in [-0.39, 0.29) is 17.4 Å². The Labute approximate surface area is 151 Å². The molecule has 134 valence electrons. The highest BCUT2D eigenvalue weighted by Gasteiger charge is 2.22. The van der Waals surface area contributed by atoms with Gasteiger partial charge in [-0.05, 0) is 48.7 Å². The van der Waals surface area contributed by atoms with E-state index in [0.29, 0.717) is 29.4 Å². The number of nitrogens with one attached hydrogen (secondary N) is 1. The van der Waals surface area contributed by atoms with Crippen LogP contribution in [0.2, 0.25) is 0 Å². The lowest BCUT2D eigenvalue weighted by molar-refractivity contribution is 0.0947. The number of carbonyl (C=O) groups is 1. The number of carbonyl (C=O) groups excluding carboxylic acids is 1. The summed E-state index contributed by atoms with van der Waals surface area (Å²) in [5.41, 5.74) is 2.05. The van der Waals surface area contributed by atoms with E-state index in [9.17, 15) is 9.18 Å². The molecule has 0 aliphatic rings. The van der Waals surface area contributed by atoms with Crippen molar-refractivity contribution in [3.8, 4) is 16.9 Å². The molecule has 2 aromatic heterocycles. The summed E-state index contributed by atoms with van der Waals surface area (Å²) in [5, 5.41) is 11.1. The zero-order chi connectivity index (χ0) is 18.5. The highest BCUT2D eigenvalue weighted by atomic mass is 19.1. The van der Waals surface area contributed by atoms with E-state index in [4.69, 9.17) is 0 Å². The average molecular weight is 353 g/mol. The van der Waals surface area contributed by atoms with Gasteiger partial charge in [0.2, 0.25) is 0 Å². The van der Waals surface area contributed by atoms with Gasteiger partial charge in [0.1, 0.15) is 11.5 Å². The maximum Gasteiger partial charge on any atom is 0.274 e. The van der Waals surface area contributed by atoms with Crippen molar-refractivity contribution in [2.24, 2.45) is 5.92 Å². The van der Waals surface area contributed by atoms with Crippen molar-refractivity contribution in [1.29, 1.82) is 0 Å². The molecule has 0 atom stereocenters. The zero-order valence-electron chi connectivity index (χ0n) is 14.7. The second-order valence-electron chi connectivity index (χ2n) is 6.35. The van der Waals surface area contributed by atoms with Gasteiger partial charge >= 0.3 is 0 Å². The molecule has 0 saturated carbocycles. The number of rotatable bonds is 6. The monoisotopic (exact) mass is 353 g/mol. The van der Waals surface area contributed by atoms with Crippen LogP contribution in [0.25, 0.3) is 16.9 Å². The van der Waals surface area contributed by atoms with Crippen LogP contribution >= 0.6 is 0 Å². The lowest BCUT2D eigenvalue weighted by Crippen LogP contribution is -2.26. The number of pyridine rings is 1. The highest BCUT2D eigenvalue weighted by Crippen LogP contribution is 2.24. The van der Waals surface area contributed by atoms with E-state index in [1.165, 1.54) is 16.8 Å². The summed E-state index contributed by atoms with van der Waals surface area (Å²) in [5.74, 6) is -0.149. The van der Waals surface area contributed by atoms with Crippen molar-refractivity contribution in [1.82, 2.24) is 25.3 Å². The van der Waals surface area contributed by atoms with Crippen LogP contribution < -0.4 is 5.32 Å². The summed E-state index contributed by atoms with van der Waals surface area (Å²) >= 11 is 0. The third kappa shape index (κ3) is 3.93. The van der Waals surface area contributed by atoms with Gasteiger partial charge < -0.3 is 5.32 Å². The molecule has 0 aliphatic heterocycles. The Hall–Kier alpha value is -3.09. The van der Waals surface area contributed by atoms with Crippen molar-refractivity contribution in [2.45, 2.75) is 20.3 Å². The molecule has 0 fully saturated rings. The summed E-state index contributed by atoms with van der Waals surface area (Å²) in [6, 6.07) is 9.46. The largest absolute Gasteiger partial charge is 0.351 e. The van der Waals surface area contributed by atoms with Crippen molar-refractivity contribution in [2.75, 3.05) is 6.54 Å². The SMILES string of the molecule is CC(C)CCNC(=O)c1nnn(-c2ccc(F)cc2)c1-c1cccnc1. The van der Waals surface area contributed by atoms with E-state index in [0.717, 1.165) is 6.42 Å². The molecule has 0 unspecified atom stereocenters. The third-order valence-corrected chi connectivity index (χ3v) is 3.90. The van der Waals surface area contributed by atoms with Gasteiger partial charge in [0, 0.05) is 24.5 Å². The Kier molecular flexibility index (Phi) is 5.36. The normalized spacial score (nSPS) is 10.9. The second kappa shape index (κ2) is 7.86. The minimum atomic E-state index is -0.344. The minimum Gasteiger partial charge on any atom is -0.351 e. The highest BCUT2D eigenvalue weighted by molar-refractivity contribution is 5.98. The summed E-state index contributed by atoms with van der Waals surface area (Å²) in [4.78, 5) is 16.7. The van der Waals surface area contributed by atoms with Gasteiger partial charge in [-0.3, -0.25) is 9.78 Å². The minimum absolute atomic E-state index is 0.214. The molecule has 0 radical (unpaired) electrons. The molecule has 0 aliphatic carbocycles. The van der Waals surface area contributed by atoms with Crippen molar-refractivity contribution in [3.05, 3.63) is 60.3 Å². The van der Waals surface area contributed by atoms with Crippen LogP contribution in [0.1, 0.15) is 30.8 Å². The first-order valence-corrected chi connectivity index (χ1v) is 8.46. The van der Waals surface area contributed by atoms with Gasteiger partial charge in [0.05, 0.1) is 5.69 Å². The van der Waals surface area contributed by atoms with Gasteiger partial charge in [-0.1, -0.05) is 19.1 Å². The lowest BCUT2D eigenvalue weighted by Gasteiger charge is -2.09. The van der Waals surface area contributed by atoms with Crippen molar-refractivity contribution >= 4 is 5.91 Å². The smallest absolute Gasteiger partial charge is 0.274 e. The molecule has 26 heavy (non-hydrogen) atoms. The fraction of sp³-hybridized carbons (Fsp3) is 0.263. The molecular weight excluding hydrogens is 333 g/mol. The van der Waals surface area contributed by atoms with Crippen LogP contribution in [0, 0.1) is 11.7 Å². The predicted molar refractivity (Wildman–Crippen MR) is 96.3 cm³/mol.